The maximum absolute atomic E-state index is 13.4. The molecule has 3 N–H and O–H groups in total. The first-order chi connectivity index (χ1) is 28.0. The predicted molar refractivity (Wildman–Crippen MR) is 219 cm³/mol. The van der Waals surface area contributed by atoms with Crippen LogP contribution < -0.4 is 25.6 Å². The molecule has 13 nitrogen and oxygen atoms in total. The summed E-state index contributed by atoms with van der Waals surface area (Å²) < 4.78 is 5.97. The summed E-state index contributed by atoms with van der Waals surface area (Å²) in [7, 11) is 0. The Morgan fingerprint density at radius 2 is 1.76 bits per heavy atom. The van der Waals surface area contributed by atoms with E-state index in [1.165, 1.54) is 11.3 Å². The van der Waals surface area contributed by atoms with Crippen LogP contribution in [0, 0.1) is 13.8 Å². The number of thiazole rings is 1. The monoisotopic (exact) mass is 796 g/mol. The van der Waals surface area contributed by atoms with Crippen molar-refractivity contribution in [1.82, 2.24) is 15.2 Å². The molecule has 1 aromatic heterocycles. The van der Waals surface area contributed by atoms with Gasteiger partial charge in [0.2, 0.25) is 17.7 Å². The highest BCUT2D eigenvalue weighted by atomic mass is 32.1. The molecule has 1 saturated heterocycles. The second-order valence-corrected chi connectivity index (χ2v) is 15.7. The quantitative estimate of drug-likeness (QED) is 0.100. The largest absolute Gasteiger partial charge is 0.494 e. The van der Waals surface area contributed by atoms with E-state index in [0.717, 1.165) is 49.8 Å². The van der Waals surface area contributed by atoms with E-state index in [-0.39, 0.29) is 42.2 Å². The summed E-state index contributed by atoms with van der Waals surface area (Å²) in [5.74, 6) is -1.80. The van der Waals surface area contributed by atoms with Crippen molar-refractivity contribution in [3.05, 3.63) is 123 Å². The maximum Gasteiger partial charge on any atom is 0.264 e. The molecule has 1 unspecified atom stereocenters. The molecule has 0 saturated carbocycles. The van der Waals surface area contributed by atoms with Gasteiger partial charge in [0.1, 0.15) is 11.8 Å². The van der Waals surface area contributed by atoms with Gasteiger partial charge < -0.3 is 20.3 Å². The molecule has 6 amide bonds. The second kappa shape index (κ2) is 16.1. The zero-order valence-corrected chi connectivity index (χ0v) is 32.7. The molecule has 0 radical (unpaired) electrons. The number of benzene rings is 4. The van der Waals surface area contributed by atoms with E-state index in [4.69, 9.17) is 9.72 Å². The van der Waals surface area contributed by atoms with Crippen molar-refractivity contribution in [2.75, 3.05) is 35.2 Å². The number of hydrogen-bond acceptors (Lipinski definition) is 10. The Labute approximate surface area is 338 Å². The average Bonchev–Trinajstić information content (AvgIpc) is 3.87. The van der Waals surface area contributed by atoms with Crippen molar-refractivity contribution in [3.8, 4) is 17.0 Å². The first-order valence-electron chi connectivity index (χ1n) is 19.1. The summed E-state index contributed by atoms with van der Waals surface area (Å²) >= 11 is 1.41. The number of carbonyl (C=O) groups excluding carboxylic acids is 6. The van der Waals surface area contributed by atoms with E-state index in [1.54, 1.807) is 18.2 Å². The third kappa shape index (κ3) is 7.58. The predicted octanol–water partition coefficient (Wildman–Crippen LogP) is 6.09. The molecule has 0 aliphatic carbocycles. The first kappa shape index (κ1) is 38.2. The molecular weight excluding hydrogens is 757 g/mol. The lowest BCUT2D eigenvalue weighted by Gasteiger charge is -2.27. The summed E-state index contributed by atoms with van der Waals surface area (Å²) in [6.45, 7) is 5.32. The number of imide groups is 2. The number of ether oxygens (including phenoxy) is 1. The van der Waals surface area contributed by atoms with Gasteiger partial charge in [-0.1, -0.05) is 42.5 Å². The van der Waals surface area contributed by atoms with Crippen LogP contribution in [0.2, 0.25) is 0 Å². The van der Waals surface area contributed by atoms with Gasteiger partial charge in [-0.2, -0.15) is 0 Å². The molecule has 294 valence electrons. The fourth-order valence-corrected chi connectivity index (χ4v) is 8.53. The van der Waals surface area contributed by atoms with E-state index < -0.39 is 29.7 Å². The number of piperidine rings is 1. The lowest BCUT2D eigenvalue weighted by atomic mass is 10.0. The Bertz CT molecular complexity index is 2510. The van der Waals surface area contributed by atoms with Crippen LogP contribution in [0.3, 0.4) is 0 Å². The maximum atomic E-state index is 13.4. The summed E-state index contributed by atoms with van der Waals surface area (Å²) in [5.41, 5.74) is 7.05. The molecule has 3 aliphatic heterocycles. The Kier molecular flexibility index (Phi) is 10.6. The van der Waals surface area contributed by atoms with Crippen LogP contribution in [0.15, 0.2) is 84.9 Å². The number of rotatable bonds is 12. The third-order valence-electron chi connectivity index (χ3n) is 10.5. The van der Waals surface area contributed by atoms with Crippen LogP contribution >= 0.6 is 11.3 Å². The molecule has 14 heteroatoms. The van der Waals surface area contributed by atoms with Gasteiger partial charge in [0, 0.05) is 46.9 Å². The van der Waals surface area contributed by atoms with Gasteiger partial charge in [-0.25, -0.2) is 4.98 Å². The van der Waals surface area contributed by atoms with Crippen LogP contribution in [-0.4, -0.2) is 71.1 Å². The summed E-state index contributed by atoms with van der Waals surface area (Å²) in [6.07, 6.45) is 1.58. The van der Waals surface area contributed by atoms with E-state index in [1.807, 2.05) is 79.4 Å². The van der Waals surface area contributed by atoms with Gasteiger partial charge in [0.15, 0.2) is 5.13 Å². The molecule has 1 atom stereocenters. The lowest BCUT2D eigenvalue weighted by Crippen LogP contribution is -2.54. The number of amides is 6. The number of nitrogens with zero attached hydrogens (tertiary/aromatic N) is 3. The van der Waals surface area contributed by atoms with Gasteiger partial charge in [0.05, 0.1) is 29.8 Å². The van der Waals surface area contributed by atoms with Crippen LogP contribution in [0.5, 0.6) is 5.75 Å². The smallest absolute Gasteiger partial charge is 0.264 e. The summed E-state index contributed by atoms with van der Waals surface area (Å²) in [6, 6.07) is 24.9. The van der Waals surface area contributed by atoms with Gasteiger partial charge >= 0.3 is 0 Å². The van der Waals surface area contributed by atoms with Crippen LogP contribution in [0.25, 0.3) is 11.3 Å². The molecule has 0 bridgehead atoms. The SMILES string of the molecule is Cc1ccccc1C(=O)N1CCc2cc(-c3nc(NC(=O)Cc4cccc(OCCCNc5cccc6c5C(=O)N(C5CCC(=O)NC5=O)C6=O)c4)sc3C)ccc21. The van der Waals surface area contributed by atoms with Crippen LogP contribution in [0.4, 0.5) is 16.5 Å². The lowest BCUT2D eigenvalue weighted by molar-refractivity contribution is -0.136. The van der Waals surface area contributed by atoms with Crippen molar-refractivity contribution < 1.29 is 33.5 Å². The zero-order valence-electron chi connectivity index (χ0n) is 31.9. The first-order valence-corrected chi connectivity index (χ1v) is 20.0. The topological polar surface area (TPSA) is 167 Å². The number of aryl methyl sites for hydroxylation is 2. The van der Waals surface area contributed by atoms with Crippen LogP contribution in [0.1, 0.15) is 71.9 Å². The van der Waals surface area contributed by atoms with Crippen molar-refractivity contribution in [2.45, 2.75) is 52.0 Å². The molecule has 58 heavy (non-hydrogen) atoms. The molecular formula is C44H40N6O7S. The van der Waals surface area contributed by atoms with Crippen molar-refractivity contribution in [2.24, 2.45) is 0 Å². The Morgan fingerprint density at radius 3 is 2.59 bits per heavy atom. The minimum atomic E-state index is -1.03. The van der Waals surface area contributed by atoms with Crippen LogP contribution in [-0.2, 0) is 27.2 Å². The van der Waals surface area contributed by atoms with Crippen molar-refractivity contribution in [1.29, 1.82) is 0 Å². The van der Waals surface area contributed by atoms with E-state index in [9.17, 15) is 28.8 Å². The molecule has 5 aromatic rings. The third-order valence-corrected chi connectivity index (χ3v) is 11.4. The summed E-state index contributed by atoms with van der Waals surface area (Å²) in [4.78, 5) is 85.5. The molecule has 3 aliphatic rings. The minimum absolute atomic E-state index is 0.000592. The molecule has 4 heterocycles. The van der Waals surface area contributed by atoms with Crippen molar-refractivity contribution in [3.63, 3.8) is 0 Å². The number of carbonyl (C=O) groups is 6. The summed E-state index contributed by atoms with van der Waals surface area (Å²) in [5, 5.41) is 8.88. The van der Waals surface area contributed by atoms with Crippen molar-refractivity contribution >= 4 is 63.3 Å². The average molecular weight is 797 g/mol. The number of aromatic nitrogens is 1. The fourth-order valence-electron chi connectivity index (χ4n) is 7.68. The molecule has 0 spiro atoms. The Balaban J connectivity index is 0.826. The number of anilines is 3. The van der Waals surface area contributed by atoms with Gasteiger partial charge in [0.25, 0.3) is 17.7 Å². The Hall–Kier alpha value is -6.67. The van der Waals surface area contributed by atoms with E-state index in [2.05, 4.69) is 22.0 Å². The number of nitrogens with one attached hydrogen (secondary N) is 3. The minimum Gasteiger partial charge on any atom is -0.494 e. The number of hydrogen-bond donors (Lipinski definition) is 3. The highest BCUT2D eigenvalue weighted by Gasteiger charge is 2.45. The molecule has 4 aromatic carbocycles. The van der Waals surface area contributed by atoms with E-state index >= 15 is 0 Å². The number of fused-ring (bicyclic) bond motifs is 2. The van der Waals surface area contributed by atoms with Gasteiger partial charge in [-0.3, -0.25) is 39.0 Å². The molecule has 8 rings (SSSR count). The highest BCUT2D eigenvalue weighted by molar-refractivity contribution is 7.16. The van der Waals surface area contributed by atoms with E-state index in [0.29, 0.717) is 48.2 Å². The molecule has 1 fully saturated rings. The second-order valence-electron chi connectivity index (χ2n) is 14.5. The van der Waals surface area contributed by atoms with Gasteiger partial charge in [-0.05, 0) is 92.3 Å². The fraction of sp³-hybridized carbons (Fsp3) is 0.250. The normalized spacial score (nSPS) is 15.9. The standard InChI is InChI=1S/C44H40N6O7S/c1-25-8-3-4-11-31(25)41(54)49-20-18-28-24-29(14-15-34(28)49)39-26(2)58-44(48-39)47-37(52)23-27-9-5-10-30(22-27)57-21-7-19-45-33-13-6-12-32-38(33)43(56)50(42(32)55)35-16-17-36(51)46-40(35)53/h3-6,8-15,22,24,35,45H,7,16-21,23H2,1-2H3,(H,46,51,53)(H,47,48,52). The highest BCUT2D eigenvalue weighted by Crippen LogP contribution is 2.37. The zero-order chi connectivity index (χ0) is 40.5. The Morgan fingerprint density at radius 1 is 0.931 bits per heavy atom. The van der Waals surface area contributed by atoms with Gasteiger partial charge in [-0.15, -0.1) is 11.3 Å².